The molecule has 24 heavy (non-hydrogen) atoms. The van der Waals surface area contributed by atoms with E-state index >= 15 is 0 Å². The summed E-state index contributed by atoms with van der Waals surface area (Å²) < 4.78 is 5.61. The van der Waals surface area contributed by atoms with Gasteiger partial charge >= 0.3 is 0 Å². The molecule has 0 amide bonds. The minimum atomic E-state index is 0.176. The molecule has 0 aliphatic rings. The third kappa shape index (κ3) is 3.75. The van der Waals surface area contributed by atoms with Crippen LogP contribution < -0.4 is 9.64 Å². The van der Waals surface area contributed by atoms with Crippen molar-refractivity contribution < 1.29 is 14.7 Å². The zero-order valence-corrected chi connectivity index (χ0v) is 14.0. The highest BCUT2D eigenvalue weighted by atomic mass is 16.5. The van der Waals surface area contributed by atoms with Gasteiger partial charge in [-0.1, -0.05) is 60.7 Å². The molecular weight excluding hydrogens is 298 g/mol. The van der Waals surface area contributed by atoms with Crippen LogP contribution in [0, 0.1) is 0 Å². The van der Waals surface area contributed by atoms with Gasteiger partial charge in [-0.05, 0) is 16.8 Å². The quantitative estimate of drug-likeness (QED) is 0.700. The Morgan fingerprint density at radius 1 is 0.875 bits per heavy atom. The number of fused-ring (bicyclic) bond motifs is 1. The Bertz CT molecular complexity index is 786. The number of ether oxygens (including phenoxy) is 1. The first-order valence-corrected chi connectivity index (χ1v) is 8.35. The molecule has 0 aliphatic carbocycles. The number of aliphatic hydroxyl groups is 1. The summed E-state index contributed by atoms with van der Waals surface area (Å²) in [6.07, 6.45) is 0. The maximum atomic E-state index is 9.48. The average molecular weight is 322 g/mol. The van der Waals surface area contributed by atoms with Crippen molar-refractivity contribution in [1.29, 1.82) is 0 Å². The van der Waals surface area contributed by atoms with Crippen molar-refractivity contribution in [2.45, 2.75) is 13.1 Å². The number of hydrogen-bond donors (Lipinski definition) is 2. The van der Waals surface area contributed by atoms with E-state index in [1.54, 1.807) is 7.11 Å². The molecule has 2 N–H and O–H groups in total. The molecule has 3 heteroatoms. The van der Waals surface area contributed by atoms with Crippen LogP contribution in [0.2, 0.25) is 0 Å². The van der Waals surface area contributed by atoms with Crippen LogP contribution in [-0.2, 0) is 13.1 Å². The summed E-state index contributed by atoms with van der Waals surface area (Å²) in [6.45, 7) is 2.59. The third-order valence-corrected chi connectivity index (χ3v) is 4.41. The van der Waals surface area contributed by atoms with Crippen molar-refractivity contribution in [3.63, 3.8) is 0 Å². The van der Waals surface area contributed by atoms with Crippen LogP contribution in [0.5, 0.6) is 5.75 Å². The zero-order valence-electron chi connectivity index (χ0n) is 14.0. The number of rotatable bonds is 7. The Morgan fingerprint density at radius 3 is 2.38 bits per heavy atom. The molecule has 124 valence electrons. The summed E-state index contributed by atoms with van der Waals surface area (Å²) in [7, 11) is 1.72. The number of benzene rings is 3. The van der Waals surface area contributed by atoms with Gasteiger partial charge in [-0.2, -0.15) is 0 Å². The molecular formula is C21H24NO2+. The Morgan fingerprint density at radius 2 is 1.62 bits per heavy atom. The molecule has 0 radical (unpaired) electrons. The number of quaternary nitrogens is 1. The molecule has 0 bridgehead atoms. The van der Waals surface area contributed by atoms with E-state index in [9.17, 15) is 5.11 Å². The van der Waals surface area contributed by atoms with Gasteiger partial charge < -0.3 is 14.7 Å². The molecule has 0 spiro atoms. The van der Waals surface area contributed by atoms with Gasteiger partial charge in [-0.25, -0.2) is 0 Å². The molecule has 0 saturated heterocycles. The Labute approximate surface area is 143 Å². The van der Waals surface area contributed by atoms with Gasteiger partial charge in [0.05, 0.1) is 19.3 Å². The minimum absolute atomic E-state index is 0.176. The number of aliphatic hydroxyl groups excluding tert-OH is 1. The number of hydrogen-bond acceptors (Lipinski definition) is 2. The fourth-order valence-corrected chi connectivity index (χ4v) is 3.22. The van der Waals surface area contributed by atoms with Crippen molar-refractivity contribution in [3.8, 4) is 5.75 Å². The van der Waals surface area contributed by atoms with Crippen LogP contribution in [0.15, 0.2) is 66.7 Å². The molecule has 1 unspecified atom stereocenters. The van der Waals surface area contributed by atoms with Crippen LogP contribution in [0.3, 0.4) is 0 Å². The highest BCUT2D eigenvalue weighted by Crippen LogP contribution is 2.27. The Hall–Kier alpha value is -2.36. The van der Waals surface area contributed by atoms with Crippen LogP contribution in [0.1, 0.15) is 11.1 Å². The first-order valence-electron chi connectivity index (χ1n) is 8.35. The van der Waals surface area contributed by atoms with Crippen LogP contribution in [0.25, 0.3) is 10.8 Å². The van der Waals surface area contributed by atoms with E-state index in [1.165, 1.54) is 26.8 Å². The van der Waals surface area contributed by atoms with E-state index in [1.807, 2.05) is 12.1 Å². The van der Waals surface area contributed by atoms with Gasteiger partial charge in [-0.15, -0.1) is 0 Å². The van der Waals surface area contributed by atoms with Crippen molar-refractivity contribution in [2.75, 3.05) is 20.3 Å². The van der Waals surface area contributed by atoms with Gasteiger partial charge in [0.2, 0.25) is 0 Å². The summed E-state index contributed by atoms with van der Waals surface area (Å²) in [5, 5.41) is 11.9. The lowest BCUT2D eigenvalue weighted by Gasteiger charge is -2.21. The third-order valence-electron chi connectivity index (χ3n) is 4.41. The van der Waals surface area contributed by atoms with Gasteiger partial charge in [0.1, 0.15) is 25.4 Å². The fourth-order valence-electron chi connectivity index (χ4n) is 3.22. The maximum absolute atomic E-state index is 9.48. The van der Waals surface area contributed by atoms with E-state index in [-0.39, 0.29) is 6.61 Å². The molecule has 0 saturated carbocycles. The molecule has 0 aliphatic heterocycles. The topological polar surface area (TPSA) is 33.9 Å². The highest BCUT2D eigenvalue weighted by molar-refractivity contribution is 5.87. The summed E-state index contributed by atoms with van der Waals surface area (Å²) in [6, 6.07) is 23.0. The second-order valence-corrected chi connectivity index (χ2v) is 6.03. The van der Waals surface area contributed by atoms with Gasteiger partial charge in [0, 0.05) is 5.56 Å². The summed E-state index contributed by atoms with van der Waals surface area (Å²) in [5.74, 6) is 0.914. The van der Waals surface area contributed by atoms with E-state index in [0.717, 1.165) is 18.8 Å². The normalized spacial score (nSPS) is 12.2. The second kappa shape index (κ2) is 7.95. The van der Waals surface area contributed by atoms with Crippen molar-refractivity contribution >= 4 is 10.8 Å². The lowest BCUT2D eigenvalue weighted by molar-refractivity contribution is -0.927. The standard InChI is InChI=1S/C21H23NO2/c1-24-21-12-11-18-9-5-6-10-19(18)20(21)16-22(13-14-23)15-17-7-3-2-4-8-17/h2-12,23H,13-16H2,1H3/p+1. The molecule has 3 aromatic rings. The predicted octanol–water partition coefficient (Wildman–Crippen LogP) is 2.43. The number of nitrogens with one attached hydrogen (secondary N) is 1. The van der Waals surface area contributed by atoms with Crippen LogP contribution >= 0.6 is 0 Å². The van der Waals surface area contributed by atoms with E-state index in [2.05, 4.69) is 54.6 Å². The van der Waals surface area contributed by atoms with Gasteiger partial charge in [0.15, 0.2) is 0 Å². The van der Waals surface area contributed by atoms with Crippen LogP contribution in [-0.4, -0.2) is 25.4 Å². The maximum Gasteiger partial charge on any atom is 0.128 e. The predicted molar refractivity (Wildman–Crippen MR) is 97.3 cm³/mol. The Balaban J connectivity index is 1.93. The van der Waals surface area contributed by atoms with Gasteiger partial charge in [-0.3, -0.25) is 0 Å². The largest absolute Gasteiger partial charge is 0.496 e. The van der Waals surface area contributed by atoms with Crippen molar-refractivity contribution in [3.05, 3.63) is 77.9 Å². The van der Waals surface area contributed by atoms with E-state index in [0.29, 0.717) is 6.54 Å². The molecule has 0 aromatic heterocycles. The van der Waals surface area contributed by atoms with E-state index < -0.39 is 0 Å². The molecule has 3 nitrogen and oxygen atoms in total. The lowest BCUT2D eigenvalue weighted by Crippen LogP contribution is -3.09. The SMILES string of the molecule is COc1ccc2ccccc2c1C[NH+](CCO)Cc1ccccc1. The molecule has 3 rings (SSSR count). The number of methoxy groups -OCH3 is 1. The van der Waals surface area contributed by atoms with Crippen LogP contribution in [0.4, 0.5) is 0 Å². The molecule has 0 fully saturated rings. The average Bonchev–Trinajstić information content (AvgIpc) is 2.63. The smallest absolute Gasteiger partial charge is 0.128 e. The Kier molecular flexibility index (Phi) is 5.47. The summed E-state index contributed by atoms with van der Waals surface area (Å²) >= 11 is 0. The van der Waals surface area contributed by atoms with E-state index in [4.69, 9.17) is 4.74 Å². The molecule has 0 heterocycles. The second-order valence-electron chi connectivity index (χ2n) is 6.03. The van der Waals surface area contributed by atoms with Crippen molar-refractivity contribution in [1.82, 2.24) is 0 Å². The zero-order chi connectivity index (χ0) is 16.8. The molecule has 3 aromatic carbocycles. The first kappa shape index (κ1) is 16.5. The lowest BCUT2D eigenvalue weighted by atomic mass is 10.0. The van der Waals surface area contributed by atoms with Gasteiger partial charge in [0.25, 0.3) is 0 Å². The minimum Gasteiger partial charge on any atom is -0.496 e. The fraction of sp³-hybridized carbons (Fsp3) is 0.238. The molecule has 1 atom stereocenters. The van der Waals surface area contributed by atoms with Crippen molar-refractivity contribution in [2.24, 2.45) is 0 Å². The summed E-state index contributed by atoms with van der Waals surface area (Å²) in [5.41, 5.74) is 2.48. The summed E-state index contributed by atoms with van der Waals surface area (Å²) in [4.78, 5) is 1.32. The monoisotopic (exact) mass is 322 g/mol. The highest BCUT2D eigenvalue weighted by Gasteiger charge is 2.16. The first-order chi connectivity index (χ1) is 11.8.